The second-order valence-corrected chi connectivity index (χ2v) is 7.98. The van der Waals surface area contributed by atoms with Crippen LogP contribution in [0.4, 0.5) is 0 Å². The van der Waals surface area contributed by atoms with Crippen molar-refractivity contribution in [2.75, 3.05) is 7.11 Å². The second kappa shape index (κ2) is 7.52. The van der Waals surface area contributed by atoms with Gasteiger partial charge in [-0.2, -0.15) is 0 Å². The van der Waals surface area contributed by atoms with Crippen LogP contribution in [0.15, 0.2) is 23.4 Å². The third kappa shape index (κ3) is 3.92. The van der Waals surface area contributed by atoms with E-state index in [4.69, 9.17) is 9.94 Å². The van der Waals surface area contributed by atoms with Crippen LogP contribution in [-0.4, -0.2) is 29.9 Å². The summed E-state index contributed by atoms with van der Waals surface area (Å²) in [7, 11) is 1.60. The van der Waals surface area contributed by atoms with E-state index in [9.17, 15) is 4.79 Å². The molecule has 0 spiro atoms. The summed E-state index contributed by atoms with van der Waals surface area (Å²) in [5, 5.41) is 15.6. The van der Waals surface area contributed by atoms with Gasteiger partial charge in [0, 0.05) is 34.4 Å². The minimum atomic E-state index is -0.150. The van der Waals surface area contributed by atoms with E-state index in [-0.39, 0.29) is 17.2 Å². The zero-order chi connectivity index (χ0) is 18.7. The molecule has 3 rings (SSSR count). The fraction of sp³-hybridized carbons (Fsp3) is 0.524. The maximum atomic E-state index is 12.8. The Bertz CT molecular complexity index is 744. The molecule has 5 heteroatoms. The number of oxime groups is 1. The van der Waals surface area contributed by atoms with E-state index in [0.717, 1.165) is 48.9 Å². The van der Waals surface area contributed by atoms with Gasteiger partial charge in [-0.15, -0.1) is 0 Å². The SMILES string of the molecule is COc1cc2c(cc1C=NO)/C(=C/C(=O)C1CCCCC1)NC(C)(C)C2. The van der Waals surface area contributed by atoms with Crippen molar-refractivity contribution in [1.29, 1.82) is 0 Å². The smallest absolute Gasteiger partial charge is 0.160 e. The Labute approximate surface area is 155 Å². The summed E-state index contributed by atoms with van der Waals surface area (Å²) >= 11 is 0. The van der Waals surface area contributed by atoms with Crippen LogP contribution in [0.3, 0.4) is 0 Å². The highest BCUT2D eigenvalue weighted by molar-refractivity contribution is 5.99. The lowest BCUT2D eigenvalue weighted by Gasteiger charge is -2.36. The van der Waals surface area contributed by atoms with Crippen LogP contribution >= 0.6 is 0 Å². The fourth-order valence-corrected chi connectivity index (χ4v) is 4.09. The molecule has 1 aromatic carbocycles. The number of hydrogen-bond acceptors (Lipinski definition) is 5. The minimum Gasteiger partial charge on any atom is -0.496 e. The average Bonchev–Trinajstić information content (AvgIpc) is 2.62. The van der Waals surface area contributed by atoms with Crippen molar-refractivity contribution in [3.8, 4) is 5.75 Å². The standard InChI is InChI=1S/C21H28N2O3/c1-21(2)12-15-10-20(26-3)16(13-22-25)9-17(15)18(23-21)11-19(24)14-7-5-4-6-8-14/h9-11,13-14,23,25H,4-8,12H2,1-3H3/b18-11-,22-13?. The number of ketones is 1. The van der Waals surface area contributed by atoms with E-state index in [1.54, 1.807) is 13.2 Å². The third-order valence-corrected chi connectivity index (χ3v) is 5.34. The average molecular weight is 356 g/mol. The first-order chi connectivity index (χ1) is 12.4. The Hall–Kier alpha value is -2.30. The van der Waals surface area contributed by atoms with E-state index < -0.39 is 0 Å². The van der Waals surface area contributed by atoms with Gasteiger partial charge < -0.3 is 15.3 Å². The highest BCUT2D eigenvalue weighted by Crippen LogP contribution is 2.35. The molecule has 1 saturated carbocycles. The first-order valence-corrected chi connectivity index (χ1v) is 9.36. The molecule has 1 fully saturated rings. The zero-order valence-corrected chi connectivity index (χ0v) is 15.8. The summed E-state index contributed by atoms with van der Waals surface area (Å²) < 4.78 is 5.43. The Morgan fingerprint density at radius 1 is 1.31 bits per heavy atom. The van der Waals surface area contributed by atoms with Crippen molar-refractivity contribution in [2.45, 2.75) is 57.9 Å². The molecule has 1 aromatic rings. The normalized spacial score (nSPS) is 21.4. The minimum absolute atomic E-state index is 0.142. The fourth-order valence-electron chi connectivity index (χ4n) is 4.09. The van der Waals surface area contributed by atoms with Crippen molar-refractivity contribution in [1.82, 2.24) is 5.32 Å². The van der Waals surface area contributed by atoms with Gasteiger partial charge in [0.05, 0.1) is 13.3 Å². The number of rotatable bonds is 4. The summed E-state index contributed by atoms with van der Waals surface area (Å²) in [5.41, 5.74) is 3.49. The van der Waals surface area contributed by atoms with Crippen LogP contribution < -0.4 is 10.1 Å². The zero-order valence-electron chi connectivity index (χ0n) is 15.8. The Balaban J connectivity index is 2.02. The highest BCUT2D eigenvalue weighted by Gasteiger charge is 2.30. The number of carbonyl (C=O) groups excluding carboxylic acids is 1. The number of carbonyl (C=O) groups is 1. The van der Waals surface area contributed by atoms with Crippen molar-refractivity contribution in [3.05, 3.63) is 34.9 Å². The summed E-state index contributed by atoms with van der Waals surface area (Å²) in [6.07, 6.45) is 9.46. The third-order valence-electron chi connectivity index (χ3n) is 5.34. The molecule has 140 valence electrons. The quantitative estimate of drug-likeness (QED) is 0.371. The van der Waals surface area contributed by atoms with E-state index >= 15 is 0 Å². The number of nitrogens with one attached hydrogen (secondary N) is 1. The van der Waals surface area contributed by atoms with Gasteiger partial charge in [-0.1, -0.05) is 24.4 Å². The van der Waals surface area contributed by atoms with Crippen molar-refractivity contribution < 1.29 is 14.7 Å². The van der Waals surface area contributed by atoms with E-state index in [2.05, 4.69) is 24.3 Å². The van der Waals surface area contributed by atoms with Gasteiger partial charge in [-0.05, 0) is 50.8 Å². The van der Waals surface area contributed by atoms with E-state index in [0.29, 0.717) is 11.3 Å². The molecule has 26 heavy (non-hydrogen) atoms. The number of ether oxygens (including phenoxy) is 1. The lowest BCUT2D eigenvalue weighted by atomic mass is 9.82. The van der Waals surface area contributed by atoms with Crippen molar-refractivity contribution >= 4 is 17.7 Å². The number of hydrogen-bond donors (Lipinski definition) is 2. The molecule has 0 radical (unpaired) electrons. The monoisotopic (exact) mass is 356 g/mol. The molecule has 0 amide bonds. The van der Waals surface area contributed by atoms with Gasteiger partial charge in [-0.25, -0.2) is 0 Å². The number of nitrogens with zero attached hydrogens (tertiary/aromatic N) is 1. The number of benzene rings is 1. The van der Waals surface area contributed by atoms with Gasteiger partial charge in [0.2, 0.25) is 0 Å². The van der Waals surface area contributed by atoms with Gasteiger partial charge in [0.25, 0.3) is 0 Å². The number of methoxy groups -OCH3 is 1. The topological polar surface area (TPSA) is 70.9 Å². The molecule has 0 aromatic heterocycles. The molecule has 5 nitrogen and oxygen atoms in total. The molecule has 1 aliphatic heterocycles. The van der Waals surface area contributed by atoms with Crippen LogP contribution in [-0.2, 0) is 11.2 Å². The number of allylic oxidation sites excluding steroid dienone is 1. The van der Waals surface area contributed by atoms with Crippen molar-refractivity contribution in [2.24, 2.45) is 11.1 Å². The lowest BCUT2D eigenvalue weighted by Crippen LogP contribution is -2.44. The number of fused-ring (bicyclic) bond motifs is 1. The molecule has 0 atom stereocenters. The lowest BCUT2D eigenvalue weighted by molar-refractivity contribution is -0.119. The summed E-state index contributed by atoms with van der Waals surface area (Å²) in [6, 6.07) is 3.91. The molecular weight excluding hydrogens is 328 g/mol. The van der Waals surface area contributed by atoms with Gasteiger partial charge >= 0.3 is 0 Å². The Kier molecular flexibility index (Phi) is 5.35. The Morgan fingerprint density at radius 2 is 2.04 bits per heavy atom. The summed E-state index contributed by atoms with van der Waals surface area (Å²) in [5.74, 6) is 1.02. The van der Waals surface area contributed by atoms with E-state index in [1.807, 2.05) is 12.1 Å². The molecule has 1 heterocycles. The maximum Gasteiger partial charge on any atom is 0.160 e. The molecule has 0 saturated heterocycles. The van der Waals surface area contributed by atoms with E-state index in [1.165, 1.54) is 12.6 Å². The first-order valence-electron chi connectivity index (χ1n) is 9.36. The summed E-state index contributed by atoms with van der Waals surface area (Å²) in [4.78, 5) is 12.8. The molecule has 2 aliphatic rings. The van der Waals surface area contributed by atoms with Crippen LogP contribution in [0.5, 0.6) is 5.75 Å². The molecule has 2 N–H and O–H groups in total. The first kappa shape index (κ1) is 18.5. The van der Waals surface area contributed by atoms with Crippen molar-refractivity contribution in [3.63, 3.8) is 0 Å². The van der Waals surface area contributed by atoms with Gasteiger partial charge in [-0.3, -0.25) is 4.79 Å². The molecular formula is C21H28N2O3. The predicted molar refractivity (Wildman–Crippen MR) is 103 cm³/mol. The molecule has 0 unspecified atom stereocenters. The molecule has 1 aliphatic carbocycles. The predicted octanol–water partition coefficient (Wildman–Crippen LogP) is 3.92. The van der Waals surface area contributed by atoms with Crippen LogP contribution in [0.1, 0.15) is 62.6 Å². The van der Waals surface area contributed by atoms with Crippen LogP contribution in [0, 0.1) is 5.92 Å². The summed E-state index contributed by atoms with van der Waals surface area (Å²) in [6.45, 7) is 4.26. The van der Waals surface area contributed by atoms with Gasteiger partial charge in [0.1, 0.15) is 5.75 Å². The Morgan fingerprint density at radius 3 is 2.69 bits per heavy atom. The van der Waals surface area contributed by atoms with Gasteiger partial charge in [0.15, 0.2) is 5.78 Å². The van der Waals surface area contributed by atoms with Crippen LogP contribution in [0.25, 0.3) is 5.70 Å². The maximum absolute atomic E-state index is 12.8. The highest BCUT2D eigenvalue weighted by atomic mass is 16.5. The van der Waals surface area contributed by atoms with Crippen LogP contribution in [0.2, 0.25) is 0 Å². The largest absolute Gasteiger partial charge is 0.496 e. The second-order valence-electron chi connectivity index (χ2n) is 7.98. The molecule has 0 bridgehead atoms.